The van der Waals surface area contributed by atoms with Crippen molar-refractivity contribution in [3.8, 4) is 0 Å². The van der Waals surface area contributed by atoms with Crippen LogP contribution < -0.4 is 4.73 Å². The third kappa shape index (κ3) is 6.28. The summed E-state index contributed by atoms with van der Waals surface area (Å²) >= 11 is 7.39. The van der Waals surface area contributed by atoms with Gasteiger partial charge in [0.1, 0.15) is 0 Å². The number of hydrogen-bond donors (Lipinski definition) is 0. The molecule has 0 aliphatic rings. The standard InChI is InChI=1S/C9H13NO.3HI.V/c1-6-5-7(2)9(4)10(11)8(6)3;;;;/h5H,1-4H3;3*1H;/q;;;;+3/p-3. The van der Waals surface area contributed by atoms with Crippen LogP contribution in [0.2, 0.25) is 0 Å². The number of halogens is 3. The van der Waals surface area contributed by atoms with Gasteiger partial charge in [-0.2, -0.15) is 4.73 Å². The fourth-order valence-electron chi connectivity index (χ4n) is 1.11. The number of pyridine rings is 1. The van der Waals surface area contributed by atoms with Crippen LogP contribution in [0.5, 0.6) is 0 Å². The van der Waals surface area contributed by atoms with Crippen molar-refractivity contribution in [1.82, 2.24) is 0 Å². The molecule has 0 unspecified atom stereocenters. The van der Waals surface area contributed by atoms with E-state index in [0.29, 0.717) is 0 Å². The molecule has 0 fully saturated rings. The van der Waals surface area contributed by atoms with Crippen molar-refractivity contribution >= 4 is 59.9 Å². The van der Waals surface area contributed by atoms with Gasteiger partial charge in [-0.1, -0.05) is 0 Å². The van der Waals surface area contributed by atoms with Crippen LogP contribution in [0.3, 0.4) is 0 Å². The van der Waals surface area contributed by atoms with Gasteiger partial charge in [0.15, 0.2) is 11.4 Å². The Hall–Kier alpha value is 1.72. The van der Waals surface area contributed by atoms with Crippen molar-refractivity contribution in [2.45, 2.75) is 27.7 Å². The molecule has 0 aromatic carbocycles. The molecule has 0 bridgehead atoms. The molecular formula is C9H13I3NOV. The van der Waals surface area contributed by atoms with Crippen LogP contribution in [0.4, 0.5) is 0 Å². The molecule has 1 aromatic heterocycles. The van der Waals surface area contributed by atoms with Crippen molar-refractivity contribution in [2.75, 3.05) is 0 Å². The fraction of sp³-hybridized carbons (Fsp3) is 0.444. The van der Waals surface area contributed by atoms with E-state index in [4.69, 9.17) is 0 Å². The second kappa shape index (κ2) is 7.94. The monoisotopic (exact) mass is 583 g/mol. The Balaban J connectivity index is 0.000000423. The van der Waals surface area contributed by atoms with Crippen LogP contribution >= 0.6 is 59.9 Å². The summed E-state index contributed by atoms with van der Waals surface area (Å²) in [4.78, 5) is -0.278. The van der Waals surface area contributed by atoms with Crippen molar-refractivity contribution in [2.24, 2.45) is 0 Å². The molecule has 0 saturated heterocycles. The van der Waals surface area contributed by atoms with Gasteiger partial charge in [-0.3, -0.25) is 0 Å². The Morgan fingerprint density at radius 3 is 1.53 bits per heavy atom. The van der Waals surface area contributed by atoms with Crippen molar-refractivity contribution < 1.29 is 9.65 Å². The first-order valence-corrected chi connectivity index (χ1v) is 17.7. The van der Waals surface area contributed by atoms with Gasteiger partial charge in [0, 0.05) is 25.0 Å². The number of aromatic nitrogens is 1. The van der Waals surface area contributed by atoms with Crippen LogP contribution in [0, 0.1) is 32.9 Å². The molecule has 0 atom stereocenters. The fourth-order valence-corrected chi connectivity index (χ4v) is 1.11. The molecule has 1 heterocycles. The quantitative estimate of drug-likeness (QED) is 0.256. The zero-order valence-electron chi connectivity index (χ0n) is 9.01. The van der Waals surface area contributed by atoms with Gasteiger partial charge >= 0.3 is 64.9 Å². The molecule has 0 aliphatic heterocycles. The molecular weight excluding hydrogens is 570 g/mol. The van der Waals surface area contributed by atoms with Gasteiger partial charge < -0.3 is 5.21 Å². The average molecular weight is 583 g/mol. The summed E-state index contributed by atoms with van der Waals surface area (Å²) in [5.74, 6) is 0. The number of nitrogens with zero attached hydrogens (tertiary/aromatic N) is 1. The molecule has 0 radical (unpaired) electrons. The van der Waals surface area contributed by atoms with E-state index in [1.165, 1.54) is 0 Å². The van der Waals surface area contributed by atoms with E-state index in [2.05, 4.69) is 59.9 Å². The molecule has 0 amide bonds. The van der Waals surface area contributed by atoms with Crippen LogP contribution in [0.15, 0.2) is 6.07 Å². The summed E-state index contributed by atoms with van der Waals surface area (Å²) in [6, 6.07) is 2.04. The molecule has 15 heavy (non-hydrogen) atoms. The Morgan fingerprint density at radius 1 is 1.00 bits per heavy atom. The number of rotatable bonds is 0. The van der Waals surface area contributed by atoms with Gasteiger partial charge in [-0.05, 0) is 19.9 Å². The molecule has 2 nitrogen and oxygen atoms in total. The van der Waals surface area contributed by atoms with E-state index in [0.717, 1.165) is 27.2 Å². The number of hydrogen-bond acceptors (Lipinski definition) is 1. The van der Waals surface area contributed by atoms with Gasteiger partial charge in [-0.15, -0.1) is 0 Å². The van der Waals surface area contributed by atoms with Crippen LogP contribution in [0.1, 0.15) is 22.5 Å². The first kappa shape index (κ1) is 16.7. The first-order chi connectivity index (χ1) is 6.77. The van der Waals surface area contributed by atoms with Gasteiger partial charge in [0.25, 0.3) is 0 Å². The molecule has 6 heteroatoms. The zero-order valence-corrected chi connectivity index (χ0v) is 16.9. The molecule has 1 rings (SSSR count). The third-order valence-corrected chi connectivity index (χ3v) is 2.18. The molecule has 1 aromatic rings. The van der Waals surface area contributed by atoms with Crippen molar-refractivity contribution in [3.63, 3.8) is 0 Å². The Bertz CT molecular complexity index is 316. The van der Waals surface area contributed by atoms with Crippen LogP contribution in [-0.2, 0) is 4.92 Å². The predicted molar refractivity (Wildman–Crippen MR) is 86.4 cm³/mol. The second-order valence-electron chi connectivity index (χ2n) is 3.17. The third-order valence-electron chi connectivity index (χ3n) is 2.18. The van der Waals surface area contributed by atoms with E-state index >= 15 is 0 Å². The van der Waals surface area contributed by atoms with E-state index in [9.17, 15) is 5.21 Å². The maximum absolute atomic E-state index is 11.3. The van der Waals surface area contributed by atoms with E-state index in [1.807, 2.05) is 33.8 Å². The first-order valence-electron chi connectivity index (χ1n) is 4.21. The minimum atomic E-state index is -0.278. The van der Waals surface area contributed by atoms with Gasteiger partial charge in [-0.25, -0.2) is 0 Å². The Morgan fingerprint density at radius 2 is 1.27 bits per heavy atom. The normalized spacial score (nSPS) is 9.87. The molecule has 0 aliphatic carbocycles. The SMILES string of the molecule is Cc1cc(C)c(C)[n+]([O-])c1C.[I][V]([I])[I]. The second-order valence-corrected chi connectivity index (χ2v) is 38.5. The number of aryl methyl sites for hydroxylation is 2. The van der Waals surface area contributed by atoms with Crippen LogP contribution in [0.25, 0.3) is 0 Å². The molecule has 0 N–H and O–H groups in total. The minimum absolute atomic E-state index is 0.278. The molecule has 0 spiro atoms. The summed E-state index contributed by atoms with van der Waals surface area (Å²) in [5.41, 5.74) is 3.72. The summed E-state index contributed by atoms with van der Waals surface area (Å²) in [7, 11) is 0. The average Bonchev–Trinajstić information content (AvgIpc) is 2.11. The topological polar surface area (TPSA) is 26.9 Å². The Labute approximate surface area is 129 Å². The van der Waals surface area contributed by atoms with Crippen molar-refractivity contribution in [1.29, 1.82) is 0 Å². The Kier molecular flexibility index (Phi) is 8.85. The predicted octanol–water partition coefficient (Wildman–Crippen LogP) is 4.21. The zero-order chi connectivity index (χ0) is 12.2. The maximum atomic E-state index is 11.3. The summed E-state index contributed by atoms with van der Waals surface area (Å²) in [5, 5.41) is 11.3. The summed E-state index contributed by atoms with van der Waals surface area (Å²) in [6.45, 7) is 7.59. The van der Waals surface area contributed by atoms with Gasteiger partial charge in [0.05, 0.1) is 0 Å². The van der Waals surface area contributed by atoms with E-state index < -0.39 is 0 Å². The van der Waals surface area contributed by atoms with E-state index in [1.54, 1.807) is 0 Å². The molecule has 86 valence electrons. The van der Waals surface area contributed by atoms with E-state index in [-0.39, 0.29) is 4.92 Å². The van der Waals surface area contributed by atoms with Gasteiger partial charge in [0.2, 0.25) is 0 Å². The summed E-state index contributed by atoms with van der Waals surface area (Å²) < 4.78 is 0.991. The van der Waals surface area contributed by atoms with Crippen molar-refractivity contribution in [3.05, 3.63) is 33.8 Å². The summed E-state index contributed by atoms with van der Waals surface area (Å²) in [6.07, 6.45) is 0. The molecule has 0 saturated carbocycles. The van der Waals surface area contributed by atoms with Crippen LogP contribution in [-0.4, -0.2) is 0 Å².